The number of carbonyl (C=O) groups is 1. The molecule has 0 radical (unpaired) electrons. The number of carbonyl (C=O) groups excluding carboxylic acids is 1. The third kappa shape index (κ3) is 4.08. The number of aliphatic hydroxyl groups is 1. The maximum absolute atomic E-state index is 14.3. The van der Waals surface area contributed by atoms with E-state index in [1.165, 1.54) is 6.07 Å². The van der Waals surface area contributed by atoms with Gasteiger partial charge in [0.25, 0.3) is 0 Å². The highest BCUT2D eigenvalue weighted by molar-refractivity contribution is 5.85. The zero-order chi connectivity index (χ0) is 21.3. The molecule has 0 bridgehead atoms. The molecule has 1 fully saturated rings. The van der Waals surface area contributed by atoms with Crippen molar-refractivity contribution in [2.75, 3.05) is 7.05 Å². The van der Waals surface area contributed by atoms with Crippen LogP contribution in [-0.2, 0) is 4.79 Å². The highest BCUT2D eigenvalue weighted by Gasteiger charge is 2.31. The van der Waals surface area contributed by atoms with E-state index in [-0.39, 0.29) is 23.8 Å². The summed E-state index contributed by atoms with van der Waals surface area (Å²) in [6.45, 7) is 1.85. The summed E-state index contributed by atoms with van der Waals surface area (Å²) in [6, 6.07) is 9.16. The lowest BCUT2D eigenvalue weighted by atomic mass is 10.1. The molecule has 3 atom stereocenters. The SMILES string of the molecule is CCC(=O)N[C@H]1CC[C@@H](N(C)C(O)c2ccc(-c3cc(F)c4[nH]ccc4c3)nc2)C1. The van der Waals surface area contributed by atoms with Crippen molar-refractivity contribution >= 4 is 16.8 Å². The van der Waals surface area contributed by atoms with Crippen molar-refractivity contribution in [2.24, 2.45) is 0 Å². The molecule has 4 rings (SSSR count). The van der Waals surface area contributed by atoms with Gasteiger partial charge >= 0.3 is 0 Å². The van der Waals surface area contributed by atoms with E-state index in [2.05, 4.69) is 15.3 Å². The van der Waals surface area contributed by atoms with Gasteiger partial charge in [0.05, 0.1) is 11.2 Å². The van der Waals surface area contributed by atoms with Gasteiger partial charge in [0, 0.05) is 47.4 Å². The largest absolute Gasteiger partial charge is 0.374 e. The Morgan fingerprint density at radius 1 is 1.37 bits per heavy atom. The summed E-state index contributed by atoms with van der Waals surface area (Å²) in [5.74, 6) is -0.248. The number of hydrogen-bond donors (Lipinski definition) is 3. The van der Waals surface area contributed by atoms with Crippen LogP contribution in [0.5, 0.6) is 0 Å². The highest BCUT2D eigenvalue weighted by atomic mass is 19.1. The molecule has 0 saturated heterocycles. The van der Waals surface area contributed by atoms with Gasteiger partial charge in [-0.05, 0) is 50.6 Å². The quantitative estimate of drug-likeness (QED) is 0.541. The Labute approximate surface area is 175 Å². The third-order valence-electron chi connectivity index (χ3n) is 6.04. The third-order valence-corrected chi connectivity index (χ3v) is 6.04. The number of hydrogen-bond acceptors (Lipinski definition) is 4. The molecule has 3 N–H and O–H groups in total. The van der Waals surface area contributed by atoms with E-state index in [0.29, 0.717) is 28.8 Å². The fraction of sp³-hybridized carbons (Fsp3) is 0.391. The normalized spacial score (nSPS) is 20.0. The number of halogens is 1. The maximum Gasteiger partial charge on any atom is 0.219 e. The molecule has 2 heterocycles. The Kier molecular flexibility index (Phi) is 5.83. The number of rotatable bonds is 6. The molecule has 1 amide bonds. The Hall–Kier alpha value is -2.77. The summed E-state index contributed by atoms with van der Waals surface area (Å²) < 4.78 is 14.3. The van der Waals surface area contributed by atoms with Gasteiger partial charge in [-0.2, -0.15) is 0 Å². The van der Waals surface area contributed by atoms with E-state index in [0.717, 1.165) is 24.6 Å². The first kappa shape index (κ1) is 20.5. The van der Waals surface area contributed by atoms with Gasteiger partial charge in [-0.1, -0.05) is 13.0 Å². The molecule has 0 spiro atoms. The van der Waals surface area contributed by atoms with Crippen molar-refractivity contribution in [3.63, 3.8) is 0 Å². The van der Waals surface area contributed by atoms with E-state index in [4.69, 9.17) is 0 Å². The Morgan fingerprint density at radius 3 is 2.93 bits per heavy atom. The number of H-pyrrole nitrogens is 1. The van der Waals surface area contributed by atoms with Crippen LogP contribution in [0.2, 0.25) is 0 Å². The Bertz CT molecular complexity index is 1030. The molecule has 1 aromatic carbocycles. The molecular formula is C23H27FN4O2. The lowest BCUT2D eigenvalue weighted by Crippen LogP contribution is -2.37. The minimum absolute atomic E-state index is 0.0675. The summed E-state index contributed by atoms with van der Waals surface area (Å²) in [5, 5.41) is 14.7. The standard InChI is InChI=1S/C23H27FN4O2/c1-3-21(29)27-17-5-6-18(12-17)28(2)23(30)15-4-7-20(26-13-15)16-10-14-8-9-25-22(14)19(24)11-16/h4,7-11,13,17-18,23,25,30H,3,5-6,12H2,1-2H3,(H,27,29)/t17-,18+,23?/m0/s1. The lowest BCUT2D eigenvalue weighted by Gasteiger charge is -2.29. The summed E-state index contributed by atoms with van der Waals surface area (Å²) in [5.41, 5.74) is 2.51. The van der Waals surface area contributed by atoms with Crippen LogP contribution in [0.4, 0.5) is 4.39 Å². The number of fused-ring (bicyclic) bond motifs is 1. The first-order valence-electron chi connectivity index (χ1n) is 10.4. The van der Waals surface area contributed by atoms with Crippen LogP contribution in [-0.4, -0.2) is 45.0 Å². The van der Waals surface area contributed by atoms with E-state index < -0.39 is 6.23 Å². The zero-order valence-electron chi connectivity index (χ0n) is 17.2. The number of benzene rings is 1. The molecule has 1 saturated carbocycles. The zero-order valence-corrected chi connectivity index (χ0v) is 17.2. The molecule has 2 aromatic heterocycles. The van der Waals surface area contributed by atoms with Gasteiger partial charge in [0.2, 0.25) is 5.91 Å². The molecule has 1 aliphatic carbocycles. The van der Waals surface area contributed by atoms with Crippen LogP contribution >= 0.6 is 0 Å². The highest BCUT2D eigenvalue weighted by Crippen LogP contribution is 2.30. The number of aromatic nitrogens is 2. The smallest absolute Gasteiger partial charge is 0.219 e. The average molecular weight is 410 g/mol. The monoisotopic (exact) mass is 410 g/mol. The van der Waals surface area contributed by atoms with Crippen LogP contribution in [0.25, 0.3) is 22.2 Å². The predicted molar refractivity (Wildman–Crippen MR) is 114 cm³/mol. The molecule has 1 unspecified atom stereocenters. The molecule has 6 nitrogen and oxygen atoms in total. The van der Waals surface area contributed by atoms with Crippen LogP contribution in [0.15, 0.2) is 42.7 Å². The van der Waals surface area contributed by atoms with Gasteiger partial charge in [-0.15, -0.1) is 0 Å². The van der Waals surface area contributed by atoms with Crippen LogP contribution < -0.4 is 5.32 Å². The van der Waals surface area contributed by atoms with Crippen molar-refractivity contribution in [3.05, 3.63) is 54.1 Å². The molecular weight excluding hydrogens is 383 g/mol. The van der Waals surface area contributed by atoms with E-state index in [9.17, 15) is 14.3 Å². The molecule has 3 aromatic rings. The molecule has 7 heteroatoms. The number of aromatic amines is 1. The predicted octanol–water partition coefficient (Wildman–Crippen LogP) is 3.74. The molecule has 1 aliphatic rings. The number of amides is 1. The van der Waals surface area contributed by atoms with Crippen LogP contribution in [0, 0.1) is 5.82 Å². The van der Waals surface area contributed by atoms with Gasteiger partial charge in [-0.3, -0.25) is 14.7 Å². The summed E-state index contributed by atoms with van der Waals surface area (Å²) in [6.07, 6.45) is 5.70. The number of nitrogens with zero attached hydrogens (tertiary/aromatic N) is 2. The first-order chi connectivity index (χ1) is 14.5. The van der Waals surface area contributed by atoms with E-state index >= 15 is 0 Å². The average Bonchev–Trinajstić information content (AvgIpc) is 3.42. The maximum atomic E-state index is 14.3. The van der Waals surface area contributed by atoms with Gasteiger partial charge in [0.15, 0.2) is 0 Å². The molecule has 158 valence electrons. The Balaban J connectivity index is 1.45. The van der Waals surface area contributed by atoms with Crippen molar-refractivity contribution < 1.29 is 14.3 Å². The Morgan fingerprint density at radius 2 is 2.20 bits per heavy atom. The number of pyridine rings is 1. The summed E-state index contributed by atoms with van der Waals surface area (Å²) >= 11 is 0. The second kappa shape index (κ2) is 8.53. The minimum atomic E-state index is -0.791. The molecule has 30 heavy (non-hydrogen) atoms. The van der Waals surface area contributed by atoms with Crippen LogP contribution in [0.3, 0.4) is 0 Å². The second-order valence-electron chi connectivity index (χ2n) is 8.00. The van der Waals surface area contributed by atoms with Crippen molar-refractivity contribution in [1.82, 2.24) is 20.2 Å². The minimum Gasteiger partial charge on any atom is -0.374 e. The van der Waals surface area contributed by atoms with E-state index in [1.807, 2.05) is 37.1 Å². The van der Waals surface area contributed by atoms with Crippen molar-refractivity contribution in [3.8, 4) is 11.3 Å². The number of nitrogens with one attached hydrogen (secondary N) is 2. The lowest BCUT2D eigenvalue weighted by molar-refractivity contribution is -0.121. The topological polar surface area (TPSA) is 81.3 Å². The van der Waals surface area contributed by atoms with Crippen molar-refractivity contribution in [2.45, 2.75) is 50.9 Å². The second-order valence-corrected chi connectivity index (χ2v) is 8.00. The number of aliphatic hydroxyl groups excluding tert-OH is 1. The van der Waals surface area contributed by atoms with Gasteiger partial charge < -0.3 is 15.4 Å². The summed E-state index contributed by atoms with van der Waals surface area (Å²) in [7, 11) is 1.89. The van der Waals surface area contributed by atoms with E-state index in [1.54, 1.807) is 18.5 Å². The fourth-order valence-electron chi connectivity index (χ4n) is 4.23. The first-order valence-corrected chi connectivity index (χ1v) is 10.4. The van der Waals surface area contributed by atoms with Crippen LogP contribution in [0.1, 0.15) is 44.4 Å². The van der Waals surface area contributed by atoms with Gasteiger partial charge in [0.1, 0.15) is 12.0 Å². The summed E-state index contributed by atoms with van der Waals surface area (Å²) in [4.78, 5) is 20.9. The molecule has 0 aliphatic heterocycles. The fourth-order valence-corrected chi connectivity index (χ4v) is 4.23. The van der Waals surface area contributed by atoms with Gasteiger partial charge in [-0.25, -0.2) is 4.39 Å². The van der Waals surface area contributed by atoms with Crippen molar-refractivity contribution in [1.29, 1.82) is 0 Å².